The number of thiophene rings is 1. The lowest BCUT2D eigenvalue weighted by molar-refractivity contribution is 0.0380. The molecular formula is C23H19NO4S. The first-order valence-electron chi connectivity index (χ1n) is 9.19. The molecule has 0 aliphatic carbocycles. The predicted octanol–water partition coefficient (Wildman–Crippen LogP) is 5.98. The van der Waals surface area contributed by atoms with Crippen LogP contribution in [0.2, 0.25) is 0 Å². The lowest BCUT2D eigenvalue weighted by atomic mass is 10.00. The zero-order valence-electron chi connectivity index (χ0n) is 16.0. The van der Waals surface area contributed by atoms with Gasteiger partial charge in [-0.2, -0.15) is 0 Å². The molecule has 146 valence electrons. The van der Waals surface area contributed by atoms with E-state index in [9.17, 15) is 9.59 Å². The lowest BCUT2D eigenvalue weighted by Gasteiger charge is -2.12. The highest BCUT2D eigenvalue weighted by atomic mass is 32.1. The van der Waals surface area contributed by atoms with E-state index >= 15 is 0 Å². The molecule has 2 aromatic carbocycles. The number of amides is 1. The molecule has 0 unspecified atom stereocenters. The Bertz CT molecular complexity index is 1170. The molecule has 0 radical (unpaired) electrons. The summed E-state index contributed by atoms with van der Waals surface area (Å²) >= 11 is 1.28. The van der Waals surface area contributed by atoms with Crippen LogP contribution in [0.4, 0.5) is 5.00 Å². The van der Waals surface area contributed by atoms with Gasteiger partial charge in [0.05, 0.1) is 12.4 Å². The maximum Gasteiger partial charge on any atom is 0.342 e. The summed E-state index contributed by atoms with van der Waals surface area (Å²) in [6.45, 7) is 3.59. The molecule has 0 fully saturated rings. The van der Waals surface area contributed by atoms with Crippen LogP contribution in [0.15, 0.2) is 70.7 Å². The molecule has 1 amide bonds. The Hall–Kier alpha value is -3.38. The molecule has 0 aliphatic heterocycles. The summed E-state index contributed by atoms with van der Waals surface area (Å²) in [5.41, 5.74) is 1.95. The summed E-state index contributed by atoms with van der Waals surface area (Å²) in [4.78, 5) is 25.3. The van der Waals surface area contributed by atoms with Gasteiger partial charge in [0, 0.05) is 10.9 Å². The van der Waals surface area contributed by atoms with Gasteiger partial charge in [-0.15, -0.1) is 11.3 Å². The van der Waals surface area contributed by atoms with Crippen molar-refractivity contribution in [2.45, 2.75) is 20.0 Å². The van der Waals surface area contributed by atoms with Gasteiger partial charge in [0.15, 0.2) is 5.76 Å². The maximum atomic E-state index is 12.9. The van der Waals surface area contributed by atoms with Crippen LogP contribution in [-0.4, -0.2) is 18.0 Å². The van der Waals surface area contributed by atoms with Crippen molar-refractivity contribution >= 4 is 39.0 Å². The quantitative estimate of drug-likeness (QED) is 0.415. The fourth-order valence-corrected chi connectivity index (χ4v) is 4.02. The Morgan fingerprint density at radius 3 is 2.55 bits per heavy atom. The van der Waals surface area contributed by atoms with Gasteiger partial charge in [-0.25, -0.2) is 4.79 Å². The largest absolute Gasteiger partial charge is 0.459 e. The summed E-state index contributed by atoms with van der Waals surface area (Å²) in [6.07, 6.45) is 1.15. The van der Waals surface area contributed by atoms with Crippen molar-refractivity contribution in [3.63, 3.8) is 0 Å². The second kappa shape index (κ2) is 7.93. The molecule has 2 aromatic heterocycles. The van der Waals surface area contributed by atoms with E-state index in [-0.39, 0.29) is 11.9 Å². The molecule has 6 heteroatoms. The topological polar surface area (TPSA) is 68.5 Å². The molecule has 0 saturated heterocycles. The molecule has 0 bridgehead atoms. The number of nitrogens with one attached hydrogen (secondary N) is 1. The van der Waals surface area contributed by atoms with Crippen molar-refractivity contribution in [3.05, 3.63) is 77.6 Å². The number of carbonyl (C=O) groups excluding carboxylic acids is 2. The van der Waals surface area contributed by atoms with Gasteiger partial charge in [-0.1, -0.05) is 36.4 Å². The van der Waals surface area contributed by atoms with E-state index in [4.69, 9.17) is 9.15 Å². The molecule has 4 aromatic rings. The van der Waals surface area contributed by atoms with Crippen LogP contribution in [0.25, 0.3) is 21.9 Å². The zero-order valence-corrected chi connectivity index (χ0v) is 16.8. The number of benzene rings is 2. The van der Waals surface area contributed by atoms with Crippen molar-refractivity contribution in [2.24, 2.45) is 0 Å². The van der Waals surface area contributed by atoms with E-state index in [1.807, 2.05) is 47.8 Å². The number of ether oxygens (including phenoxy) is 1. The number of esters is 1. The number of furan rings is 1. The van der Waals surface area contributed by atoms with Crippen LogP contribution in [0, 0.1) is 0 Å². The lowest BCUT2D eigenvalue weighted by Crippen LogP contribution is -2.16. The van der Waals surface area contributed by atoms with Crippen LogP contribution < -0.4 is 5.32 Å². The third kappa shape index (κ3) is 3.93. The zero-order chi connectivity index (χ0) is 20.4. The number of anilines is 1. The van der Waals surface area contributed by atoms with Crippen molar-refractivity contribution in [1.29, 1.82) is 0 Å². The van der Waals surface area contributed by atoms with Gasteiger partial charge in [-0.3, -0.25) is 4.79 Å². The second-order valence-electron chi connectivity index (χ2n) is 6.80. The van der Waals surface area contributed by atoms with Crippen LogP contribution in [0.3, 0.4) is 0 Å². The fraction of sp³-hybridized carbons (Fsp3) is 0.130. The highest BCUT2D eigenvalue weighted by Crippen LogP contribution is 2.37. The Balaban J connectivity index is 1.77. The van der Waals surface area contributed by atoms with E-state index in [0.717, 1.165) is 21.9 Å². The molecule has 2 heterocycles. The Morgan fingerprint density at radius 2 is 1.83 bits per heavy atom. The van der Waals surface area contributed by atoms with Crippen molar-refractivity contribution in [1.82, 2.24) is 0 Å². The monoisotopic (exact) mass is 405 g/mol. The van der Waals surface area contributed by atoms with Crippen molar-refractivity contribution < 1.29 is 18.7 Å². The highest BCUT2D eigenvalue weighted by molar-refractivity contribution is 7.15. The van der Waals surface area contributed by atoms with Crippen LogP contribution in [0.5, 0.6) is 0 Å². The Labute approximate surface area is 171 Å². The van der Waals surface area contributed by atoms with Gasteiger partial charge in [-0.05, 0) is 48.4 Å². The van der Waals surface area contributed by atoms with Crippen LogP contribution >= 0.6 is 11.3 Å². The van der Waals surface area contributed by atoms with Gasteiger partial charge < -0.3 is 14.5 Å². The van der Waals surface area contributed by atoms with Crippen molar-refractivity contribution in [2.75, 3.05) is 5.32 Å². The molecule has 29 heavy (non-hydrogen) atoms. The summed E-state index contributed by atoms with van der Waals surface area (Å²) in [7, 11) is 0. The summed E-state index contributed by atoms with van der Waals surface area (Å²) in [5.74, 6) is -0.714. The normalized spacial score (nSPS) is 11.0. The standard InChI is InChI=1S/C23H19NO4S/c1-14(2)28-23(26)20-18(17-10-9-15-6-3-4-7-16(15)12-17)13-29-22(20)24-21(25)19-8-5-11-27-19/h3-14H,1-2H3,(H,24,25). The van der Waals surface area contributed by atoms with Crippen molar-refractivity contribution in [3.8, 4) is 11.1 Å². The Kier molecular flexibility index (Phi) is 5.18. The number of rotatable bonds is 5. The van der Waals surface area contributed by atoms with Gasteiger partial charge in [0.2, 0.25) is 0 Å². The van der Waals surface area contributed by atoms with E-state index in [1.54, 1.807) is 26.0 Å². The molecule has 5 nitrogen and oxygen atoms in total. The molecule has 0 atom stereocenters. The fourth-order valence-electron chi connectivity index (χ4n) is 3.07. The first-order valence-corrected chi connectivity index (χ1v) is 10.1. The van der Waals surface area contributed by atoms with Gasteiger partial charge in [0.1, 0.15) is 10.6 Å². The third-order valence-corrected chi connectivity index (χ3v) is 5.27. The molecular weight excluding hydrogens is 386 g/mol. The number of fused-ring (bicyclic) bond motifs is 1. The van der Waals surface area contributed by atoms with Gasteiger partial charge in [0.25, 0.3) is 5.91 Å². The number of carbonyl (C=O) groups is 2. The van der Waals surface area contributed by atoms with Crippen LogP contribution in [0.1, 0.15) is 34.8 Å². The Morgan fingerprint density at radius 1 is 1.03 bits per heavy atom. The first-order chi connectivity index (χ1) is 14.0. The minimum atomic E-state index is -0.473. The minimum Gasteiger partial charge on any atom is -0.459 e. The van der Waals surface area contributed by atoms with Gasteiger partial charge >= 0.3 is 5.97 Å². The molecule has 1 N–H and O–H groups in total. The maximum absolute atomic E-state index is 12.9. The second-order valence-corrected chi connectivity index (χ2v) is 7.68. The SMILES string of the molecule is CC(C)OC(=O)c1c(-c2ccc3ccccc3c2)csc1NC(=O)c1ccco1. The average molecular weight is 405 g/mol. The van der Waals surface area contributed by atoms with E-state index in [0.29, 0.717) is 10.6 Å². The summed E-state index contributed by atoms with van der Waals surface area (Å²) < 4.78 is 10.6. The van der Waals surface area contributed by atoms with E-state index < -0.39 is 11.9 Å². The van der Waals surface area contributed by atoms with E-state index in [2.05, 4.69) is 5.32 Å². The molecule has 4 rings (SSSR count). The third-order valence-electron chi connectivity index (χ3n) is 4.37. The van der Waals surface area contributed by atoms with E-state index in [1.165, 1.54) is 17.6 Å². The number of hydrogen-bond donors (Lipinski definition) is 1. The highest BCUT2D eigenvalue weighted by Gasteiger charge is 2.24. The first kappa shape index (κ1) is 19.0. The smallest absolute Gasteiger partial charge is 0.342 e. The molecule has 0 aliphatic rings. The molecule has 0 saturated carbocycles. The minimum absolute atomic E-state index is 0.175. The summed E-state index contributed by atoms with van der Waals surface area (Å²) in [6, 6.07) is 17.2. The molecule has 0 spiro atoms. The summed E-state index contributed by atoms with van der Waals surface area (Å²) in [5, 5.41) is 7.25. The average Bonchev–Trinajstić information content (AvgIpc) is 3.37. The predicted molar refractivity (Wildman–Crippen MR) is 114 cm³/mol. The number of hydrogen-bond acceptors (Lipinski definition) is 5. The van der Waals surface area contributed by atoms with Crippen LogP contribution in [-0.2, 0) is 4.74 Å².